The molecule has 0 unspecified atom stereocenters. The maximum Gasteiger partial charge on any atom is 0.427 e. The molecule has 18 heavy (non-hydrogen) atoms. The molecule has 1 aromatic rings. The van der Waals surface area contributed by atoms with Crippen molar-refractivity contribution in [3.05, 3.63) is 25.0 Å². The van der Waals surface area contributed by atoms with Gasteiger partial charge in [-0.25, -0.2) is 10.2 Å². The number of hydrazone groups is 1. The average molecular weight is 445 g/mol. The van der Waals surface area contributed by atoms with Gasteiger partial charge in [0.05, 0.1) is 21.8 Å². The van der Waals surface area contributed by atoms with Gasteiger partial charge in [-0.1, -0.05) is 15.9 Å². The van der Waals surface area contributed by atoms with E-state index in [0.717, 1.165) is 0 Å². The van der Waals surface area contributed by atoms with Gasteiger partial charge in [-0.2, -0.15) is 5.10 Å². The van der Waals surface area contributed by atoms with Crippen LogP contribution in [0.3, 0.4) is 0 Å². The predicted molar refractivity (Wildman–Crippen MR) is 79.0 cm³/mol. The Morgan fingerprint density at radius 1 is 1.50 bits per heavy atom. The third-order valence-corrected chi connectivity index (χ3v) is 3.87. The number of aromatic hydroxyl groups is 1. The number of hydrogen-bond donors (Lipinski definition) is 2. The van der Waals surface area contributed by atoms with Crippen LogP contribution in [-0.2, 0) is 4.74 Å². The second-order valence-corrected chi connectivity index (χ2v) is 5.51. The second-order valence-electron chi connectivity index (χ2n) is 3.01. The average Bonchev–Trinajstić information content (AvgIpc) is 2.31. The van der Waals surface area contributed by atoms with Crippen molar-refractivity contribution < 1.29 is 14.6 Å². The summed E-state index contributed by atoms with van der Waals surface area (Å²) in [5.74, 6) is 0.0517. The van der Waals surface area contributed by atoms with Crippen LogP contribution in [0.25, 0.3) is 0 Å². The molecule has 8 heteroatoms. The molecule has 0 aliphatic rings. The van der Waals surface area contributed by atoms with E-state index in [2.05, 4.69) is 63.1 Å². The van der Waals surface area contributed by atoms with Crippen LogP contribution in [0.2, 0.25) is 0 Å². The van der Waals surface area contributed by atoms with E-state index in [9.17, 15) is 9.90 Å². The van der Waals surface area contributed by atoms with E-state index in [1.807, 2.05) is 0 Å². The smallest absolute Gasteiger partial charge is 0.427 e. The fourth-order valence-electron chi connectivity index (χ4n) is 1.03. The lowest BCUT2D eigenvalue weighted by Gasteiger charge is -2.06. The van der Waals surface area contributed by atoms with Gasteiger partial charge in [0.25, 0.3) is 0 Å². The first-order chi connectivity index (χ1) is 8.47. The van der Waals surface area contributed by atoms with Gasteiger partial charge >= 0.3 is 6.09 Å². The van der Waals surface area contributed by atoms with E-state index in [4.69, 9.17) is 0 Å². The molecule has 0 aromatic heterocycles. The van der Waals surface area contributed by atoms with Gasteiger partial charge in [0.15, 0.2) is 0 Å². The molecule has 1 amide bonds. The summed E-state index contributed by atoms with van der Waals surface area (Å²) in [5, 5.41) is 13.4. The topological polar surface area (TPSA) is 70.9 Å². The number of carbonyl (C=O) groups excluding carboxylic acids is 1. The predicted octanol–water partition coefficient (Wildman–Crippen LogP) is 3.76. The van der Waals surface area contributed by atoms with E-state index >= 15 is 0 Å². The second kappa shape index (κ2) is 7.10. The lowest BCUT2D eigenvalue weighted by atomic mass is 10.2. The minimum Gasteiger partial charge on any atom is -0.506 e. The maximum absolute atomic E-state index is 11.0. The quantitative estimate of drug-likeness (QED) is 0.551. The van der Waals surface area contributed by atoms with Crippen LogP contribution in [0, 0.1) is 0 Å². The third-order valence-electron chi connectivity index (χ3n) is 1.81. The van der Waals surface area contributed by atoms with Gasteiger partial charge in [-0.3, -0.25) is 0 Å². The zero-order valence-corrected chi connectivity index (χ0v) is 14.0. The fraction of sp³-hybridized carbons (Fsp3) is 0.200. The number of phenolic OH excluding ortho intramolecular Hbond substituents is 1. The summed E-state index contributed by atoms with van der Waals surface area (Å²) in [7, 11) is 0. The summed E-state index contributed by atoms with van der Waals surface area (Å²) in [6.07, 6.45) is 0.749. The molecule has 0 saturated carbocycles. The molecule has 2 N–H and O–H groups in total. The first kappa shape index (κ1) is 15.5. The van der Waals surface area contributed by atoms with E-state index in [-0.39, 0.29) is 12.4 Å². The number of amides is 1. The van der Waals surface area contributed by atoms with Crippen LogP contribution in [-0.4, -0.2) is 24.0 Å². The summed E-state index contributed by atoms with van der Waals surface area (Å²) in [4.78, 5) is 11.0. The third kappa shape index (κ3) is 3.96. The Morgan fingerprint density at radius 3 is 2.78 bits per heavy atom. The van der Waals surface area contributed by atoms with E-state index in [0.29, 0.717) is 19.0 Å². The van der Waals surface area contributed by atoms with Crippen LogP contribution in [0.15, 0.2) is 24.6 Å². The lowest BCUT2D eigenvalue weighted by Crippen LogP contribution is -2.18. The number of nitrogens with one attached hydrogen (secondary N) is 1. The number of carbonyl (C=O) groups is 1. The number of rotatable bonds is 3. The molecular formula is C10H9Br3N2O3. The van der Waals surface area contributed by atoms with Crippen LogP contribution >= 0.6 is 47.8 Å². The van der Waals surface area contributed by atoms with Gasteiger partial charge < -0.3 is 9.84 Å². The molecule has 0 spiro atoms. The Bertz CT molecular complexity index is 492. The summed E-state index contributed by atoms with van der Waals surface area (Å²) >= 11 is 9.76. The number of halogens is 3. The molecule has 0 aliphatic carbocycles. The Hall–Kier alpha value is -0.600. The van der Waals surface area contributed by atoms with Crippen molar-refractivity contribution in [2.75, 3.05) is 6.61 Å². The van der Waals surface area contributed by atoms with E-state index in [1.165, 1.54) is 6.21 Å². The first-order valence-corrected chi connectivity index (χ1v) is 7.17. The van der Waals surface area contributed by atoms with Gasteiger partial charge in [0, 0.05) is 10.0 Å². The van der Waals surface area contributed by atoms with Crippen LogP contribution < -0.4 is 5.43 Å². The SMILES string of the molecule is CCOC(=O)N/N=C\c1c(Br)cc(Br)c(O)c1Br. The molecule has 1 rings (SSSR count). The molecule has 98 valence electrons. The Morgan fingerprint density at radius 2 is 2.17 bits per heavy atom. The highest BCUT2D eigenvalue weighted by molar-refractivity contribution is 9.11. The van der Waals surface area contributed by atoms with E-state index < -0.39 is 6.09 Å². The highest BCUT2D eigenvalue weighted by Crippen LogP contribution is 2.38. The Labute approximate surface area is 129 Å². The standard InChI is InChI=1S/C10H9Br3N2O3/c1-2-18-10(17)15-14-4-5-6(11)3-7(12)9(16)8(5)13/h3-4,16H,2H2,1H3,(H,15,17)/b14-4-. The minimum absolute atomic E-state index is 0.0517. The van der Waals surface area contributed by atoms with Gasteiger partial charge in [-0.15, -0.1) is 0 Å². The van der Waals surface area contributed by atoms with Crippen molar-refractivity contribution in [1.29, 1.82) is 0 Å². The molecule has 0 bridgehead atoms. The number of ether oxygens (including phenoxy) is 1. The first-order valence-electron chi connectivity index (χ1n) is 4.79. The molecule has 0 radical (unpaired) electrons. The Kier molecular flexibility index (Phi) is 6.10. The summed E-state index contributed by atoms with van der Waals surface area (Å²) in [5.41, 5.74) is 2.78. The van der Waals surface area contributed by atoms with Crippen LogP contribution in [0.4, 0.5) is 4.79 Å². The van der Waals surface area contributed by atoms with Crippen molar-refractivity contribution in [2.45, 2.75) is 6.92 Å². The van der Waals surface area contributed by atoms with Crippen molar-refractivity contribution >= 4 is 60.1 Å². The number of nitrogens with zero attached hydrogens (tertiary/aromatic N) is 1. The summed E-state index contributed by atoms with van der Waals surface area (Å²) < 4.78 is 6.34. The summed E-state index contributed by atoms with van der Waals surface area (Å²) in [6.45, 7) is 1.97. The maximum atomic E-state index is 11.0. The lowest BCUT2D eigenvalue weighted by molar-refractivity contribution is 0.152. The molecule has 0 saturated heterocycles. The number of benzene rings is 1. The van der Waals surface area contributed by atoms with Crippen LogP contribution in [0.5, 0.6) is 5.75 Å². The van der Waals surface area contributed by atoms with Crippen molar-refractivity contribution in [2.24, 2.45) is 5.10 Å². The van der Waals surface area contributed by atoms with Gasteiger partial charge in [-0.05, 0) is 44.8 Å². The molecular weight excluding hydrogens is 436 g/mol. The highest BCUT2D eigenvalue weighted by Gasteiger charge is 2.11. The number of phenols is 1. The zero-order valence-electron chi connectivity index (χ0n) is 9.21. The van der Waals surface area contributed by atoms with Gasteiger partial charge in [0.1, 0.15) is 5.75 Å². The van der Waals surface area contributed by atoms with Crippen molar-refractivity contribution in [3.8, 4) is 5.75 Å². The zero-order chi connectivity index (χ0) is 13.7. The highest BCUT2D eigenvalue weighted by atomic mass is 79.9. The largest absolute Gasteiger partial charge is 0.506 e. The molecule has 5 nitrogen and oxygen atoms in total. The van der Waals surface area contributed by atoms with Gasteiger partial charge in [0.2, 0.25) is 0 Å². The molecule has 0 heterocycles. The van der Waals surface area contributed by atoms with Crippen molar-refractivity contribution in [3.63, 3.8) is 0 Å². The Balaban J connectivity index is 2.88. The van der Waals surface area contributed by atoms with E-state index in [1.54, 1.807) is 13.0 Å². The minimum atomic E-state index is -0.637. The monoisotopic (exact) mass is 442 g/mol. The fourth-order valence-corrected chi connectivity index (χ4v) is 3.35. The van der Waals surface area contributed by atoms with Crippen LogP contribution in [0.1, 0.15) is 12.5 Å². The molecule has 1 aromatic carbocycles. The molecule has 0 fully saturated rings. The number of hydrogen-bond acceptors (Lipinski definition) is 4. The summed E-state index contributed by atoms with van der Waals surface area (Å²) in [6, 6.07) is 1.67. The van der Waals surface area contributed by atoms with Crippen molar-refractivity contribution in [1.82, 2.24) is 5.43 Å². The molecule has 0 atom stereocenters. The molecule has 0 aliphatic heterocycles. The normalized spacial score (nSPS) is 10.7.